The standard InChI is InChI=1S/C24H25FN2O3/c25-22-9-5-4-8-20(22)17-30-24-18-29-21(14-23(24)28)16-27-12-10-26(11-13-27)15-19-6-2-1-3-7-19/h1-9,14,18H,10-13,15-17H2. The number of hydrogen-bond donors (Lipinski definition) is 0. The van der Waals surface area contributed by atoms with Crippen molar-refractivity contribution >= 4 is 0 Å². The van der Waals surface area contributed by atoms with Crippen LogP contribution in [0.3, 0.4) is 0 Å². The van der Waals surface area contributed by atoms with Crippen molar-refractivity contribution in [3.63, 3.8) is 0 Å². The molecule has 0 spiro atoms. The zero-order valence-electron chi connectivity index (χ0n) is 16.8. The van der Waals surface area contributed by atoms with Crippen LogP contribution < -0.4 is 10.2 Å². The Balaban J connectivity index is 1.28. The fourth-order valence-corrected chi connectivity index (χ4v) is 3.57. The van der Waals surface area contributed by atoms with Gasteiger partial charge in [0.15, 0.2) is 0 Å². The van der Waals surface area contributed by atoms with Gasteiger partial charge in [-0.25, -0.2) is 4.39 Å². The van der Waals surface area contributed by atoms with Crippen molar-refractivity contribution in [3.05, 3.63) is 99.9 Å². The third kappa shape index (κ3) is 5.34. The quantitative estimate of drug-likeness (QED) is 0.597. The number of piperazine rings is 1. The van der Waals surface area contributed by atoms with Crippen LogP contribution in [0.2, 0.25) is 0 Å². The number of ether oxygens (including phenoxy) is 1. The van der Waals surface area contributed by atoms with Gasteiger partial charge in [-0.15, -0.1) is 0 Å². The molecule has 1 fully saturated rings. The summed E-state index contributed by atoms with van der Waals surface area (Å²) >= 11 is 0. The third-order valence-corrected chi connectivity index (χ3v) is 5.29. The lowest BCUT2D eigenvalue weighted by Gasteiger charge is -2.34. The molecule has 0 saturated carbocycles. The molecule has 1 aliphatic rings. The highest BCUT2D eigenvalue weighted by atomic mass is 19.1. The van der Waals surface area contributed by atoms with Gasteiger partial charge >= 0.3 is 0 Å². The first-order chi connectivity index (χ1) is 14.7. The summed E-state index contributed by atoms with van der Waals surface area (Å²) in [5.41, 5.74) is 1.47. The smallest absolute Gasteiger partial charge is 0.227 e. The van der Waals surface area contributed by atoms with Crippen LogP contribution in [0, 0.1) is 5.82 Å². The Morgan fingerprint density at radius 2 is 1.57 bits per heavy atom. The number of hydrogen-bond acceptors (Lipinski definition) is 5. The maximum absolute atomic E-state index is 13.7. The molecule has 1 aliphatic heterocycles. The maximum Gasteiger partial charge on any atom is 0.227 e. The fraction of sp³-hybridized carbons (Fsp3) is 0.292. The van der Waals surface area contributed by atoms with Crippen molar-refractivity contribution in [2.45, 2.75) is 19.7 Å². The molecule has 30 heavy (non-hydrogen) atoms. The topological polar surface area (TPSA) is 45.9 Å². The maximum atomic E-state index is 13.7. The van der Waals surface area contributed by atoms with E-state index < -0.39 is 0 Å². The molecule has 2 aromatic carbocycles. The van der Waals surface area contributed by atoms with Gasteiger partial charge in [0.1, 0.15) is 24.4 Å². The minimum Gasteiger partial charge on any atom is -0.482 e. The van der Waals surface area contributed by atoms with Crippen molar-refractivity contribution in [2.75, 3.05) is 26.2 Å². The molecule has 3 aromatic rings. The van der Waals surface area contributed by atoms with Crippen LogP contribution in [0.5, 0.6) is 5.75 Å². The van der Waals surface area contributed by atoms with Crippen LogP contribution in [-0.4, -0.2) is 36.0 Å². The van der Waals surface area contributed by atoms with E-state index >= 15 is 0 Å². The molecule has 0 bridgehead atoms. The first-order valence-corrected chi connectivity index (χ1v) is 10.1. The van der Waals surface area contributed by atoms with E-state index in [1.807, 2.05) is 6.07 Å². The lowest BCUT2D eigenvalue weighted by atomic mass is 10.2. The Morgan fingerprint density at radius 1 is 0.900 bits per heavy atom. The molecule has 0 atom stereocenters. The Hall–Kier alpha value is -2.96. The fourth-order valence-electron chi connectivity index (χ4n) is 3.57. The van der Waals surface area contributed by atoms with Crippen molar-refractivity contribution in [3.8, 4) is 5.75 Å². The van der Waals surface area contributed by atoms with Gasteiger partial charge in [-0.2, -0.15) is 0 Å². The number of rotatable bonds is 7. The summed E-state index contributed by atoms with van der Waals surface area (Å²) in [6, 6.07) is 18.3. The molecular weight excluding hydrogens is 383 g/mol. The van der Waals surface area contributed by atoms with Crippen LogP contribution >= 0.6 is 0 Å². The Morgan fingerprint density at radius 3 is 2.27 bits per heavy atom. The molecule has 0 radical (unpaired) electrons. The number of halogens is 1. The van der Waals surface area contributed by atoms with Crippen molar-refractivity contribution in [1.29, 1.82) is 0 Å². The summed E-state index contributed by atoms with van der Waals surface area (Å²) in [7, 11) is 0. The van der Waals surface area contributed by atoms with E-state index in [1.54, 1.807) is 18.2 Å². The Kier molecular flexibility index (Phi) is 6.57. The van der Waals surface area contributed by atoms with E-state index in [9.17, 15) is 9.18 Å². The largest absolute Gasteiger partial charge is 0.482 e. The highest BCUT2D eigenvalue weighted by molar-refractivity contribution is 5.21. The SMILES string of the molecule is O=c1cc(CN2CCN(Cc3ccccc3)CC2)occ1OCc1ccccc1F. The van der Waals surface area contributed by atoms with E-state index in [2.05, 4.69) is 34.1 Å². The predicted molar refractivity (Wildman–Crippen MR) is 113 cm³/mol. The van der Waals surface area contributed by atoms with Gasteiger partial charge in [-0.3, -0.25) is 14.6 Å². The monoisotopic (exact) mass is 408 g/mol. The predicted octanol–water partition coefficient (Wildman–Crippen LogP) is 3.68. The summed E-state index contributed by atoms with van der Waals surface area (Å²) in [6.07, 6.45) is 1.32. The van der Waals surface area contributed by atoms with Crippen LogP contribution in [0.4, 0.5) is 4.39 Å². The van der Waals surface area contributed by atoms with Gasteiger partial charge in [0.25, 0.3) is 0 Å². The van der Waals surface area contributed by atoms with E-state index in [0.29, 0.717) is 17.9 Å². The average molecular weight is 408 g/mol. The van der Waals surface area contributed by atoms with Crippen LogP contribution in [0.25, 0.3) is 0 Å². The average Bonchev–Trinajstić information content (AvgIpc) is 2.76. The Bertz CT molecular complexity index is 1010. The highest BCUT2D eigenvalue weighted by Crippen LogP contribution is 2.14. The summed E-state index contributed by atoms with van der Waals surface area (Å²) in [5, 5.41) is 0. The summed E-state index contributed by atoms with van der Waals surface area (Å²) in [4.78, 5) is 17.0. The second-order valence-corrected chi connectivity index (χ2v) is 7.49. The van der Waals surface area contributed by atoms with Crippen molar-refractivity contribution < 1.29 is 13.5 Å². The first-order valence-electron chi connectivity index (χ1n) is 10.1. The molecule has 1 aromatic heterocycles. The molecule has 4 rings (SSSR count). The molecule has 0 unspecified atom stereocenters. The van der Waals surface area contributed by atoms with Crippen molar-refractivity contribution in [2.24, 2.45) is 0 Å². The summed E-state index contributed by atoms with van der Waals surface area (Å²) in [6.45, 7) is 5.32. The van der Waals surface area contributed by atoms with Gasteiger partial charge in [-0.05, 0) is 11.6 Å². The van der Waals surface area contributed by atoms with Gasteiger partial charge in [0, 0.05) is 44.4 Å². The van der Waals surface area contributed by atoms with Gasteiger partial charge in [0.2, 0.25) is 11.2 Å². The molecule has 2 heterocycles. The zero-order valence-corrected chi connectivity index (χ0v) is 16.8. The minimum absolute atomic E-state index is 0.0137. The molecule has 156 valence electrons. The highest BCUT2D eigenvalue weighted by Gasteiger charge is 2.18. The van der Waals surface area contributed by atoms with Crippen molar-refractivity contribution in [1.82, 2.24) is 9.80 Å². The van der Waals surface area contributed by atoms with Crippen LogP contribution in [0.1, 0.15) is 16.9 Å². The van der Waals surface area contributed by atoms with Crippen LogP contribution in [-0.2, 0) is 19.7 Å². The van der Waals surface area contributed by atoms with Gasteiger partial charge < -0.3 is 9.15 Å². The number of nitrogens with zero attached hydrogens (tertiary/aromatic N) is 2. The molecular formula is C24H25FN2O3. The first kappa shape index (κ1) is 20.3. The molecule has 0 N–H and O–H groups in total. The lowest BCUT2D eigenvalue weighted by molar-refractivity contribution is 0.115. The molecule has 1 saturated heterocycles. The molecule has 0 aliphatic carbocycles. The van der Waals surface area contributed by atoms with Gasteiger partial charge in [0.05, 0.1) is 6.54 Å². The van der Waals surface area contributed by atoms with E-state index in [0.717, 1.165) is 32.7 Å². The van der Waals surface area contributed by atoms with Crippen LogP contribution in [0.15, 0.2) is 76.1 Å². The Labute approximate surface area is 175 Å². The second kappa shape index (κ2) is 9.69. The molecule has 6 heteroatoms. The molecule has 5 nitrogen and oxygen atoms in total. The zero-order chi connectivity index (χ0) is 20.8. The molecule has 0 amide bonds. The van der Waals surface area contributed by atoms with E-state index in [-0.39, 0.29) is 23.6 Å². The summed E-state index contributed by atoms with van der Waals surface area (Å²) < 4.78 is 24.7. The van der Waals surface area contributed by atoms with Gasteiger partial charge in [-0.1, -0.05) is 48.5 Å². The normalized spacial score (nSPS) is 15.2. The minimum atomic E-state index is -0.357. The van der Waals surface area contributed by atoms with E-state index in [1.165, 1.54) is 24.0 Å². The van der Waals surface area contributed by atoms with E-state index in [4.69, 9.17) is 9.15 Å². The summed E-state index contributed by atoms with van der Waals surface area (Å²) in [5.74, 6) is 0.342. The lowest BCUT2D eigenvalue weighted by Crippen LogP contribution is -2.45. The third-order valence-electron chi connectivity index (χ3n) is 5.29. The second-order valence-electron chi connectivity index (χ2n) is 7.49. The number of benzene rings is 2.